The maximum absolute atomic E-state index is 13.5. The molecule has 2 aliphatic rings. The Morgan fingerprint density at radius 1 is 1.00 bits per heavy atom. The first kappa shape index (κ1) is 23.8. The van der Waals surface area contributed by atoms with E-state index in [9.17, 15) is 4.79 Å². The molecule has 1 saturated carbocycles. The first-order valence-corrected chi connectivity index (χ1v) is 13.4. The van der Waals surface area contributed by atoms with E-state index in [0.717, 1.165) is 68.3 Å². The molecule has 1 aromatic carbocycles. The van der Waals surface area contributed by atoms with Crippen molar-refractivity contribution < 1.29 is 4.79 Å². The number of rotatable bonds is 9. The number of aromatic nitrogens is 3. The summed E-state index contributed by atoms with van der Waals surface area (Å²) in [6, 6.07) is 9.53. The van der Waals surface area contributed by atoms with Crippen LogP contribution in [0, 0.1) is 0 Å². The van der Waals surface area contributed by atoms with Crippen molar-refractivity contribution in [3.05, 3.63) is 53.3 Å². The van der Waals surface area contributed by atoms with E-state index in [4.69, 9.17) is 0 Å². The number of carbonyl (C=O) groups excluding carboxylic acids is 1. The molecule has 2 heterocycles. The van der Waals surface area contributed by atoms with E-state index in [2.05, 4.69) is 64.1 Å². The van der Waals surface area contributed by atoms with Gasteiger partial charge in [-0.05, 0) is 69.5 Å². The molecule has 35 heavy (non-hydrogen) atoms. The van der Waals surface area contributed by atoms with Crippen molar-refractivity contribution in [2.75, 3.05) is 11.9 Å². The quantitative estimate of drug-likeness (QED) is 0.399. The molecule has 7 nitrogen and oxygen atoms in total. The Labute approximate surface area is 208 Å². The normalized spacial score (nSPS) is 20.2. The molecule has 3 N–H and O–H groups in total. The highest BCUT2D eigenvalue weighted by molar-refractivity contribution is 6.06. The van der Waals surface area contributed by atoms with E-state index in [0.29, 0.717) is 17.6 Å². The van der Waals surface area contributed by atoms with E-state index in [1.165, 1.54) is 24.0 Å². The highest BCUT2D eigenvalue weighted by Crippen LogP contribution is 2.31. The van der Waals surface area contributed by atoms with E-state index in [1.54, 1.807) is 6.20 Å². The number of anilines is 1. The molecule has 186 valence electrons. The summed E-state index contributed by atoms with van der Waals surface area (Å²) in [7, 11) is 0. The van der Waals surface area contributed by atoms with Gasteiger partial charge in [0.2, 0.25) is 0 Å². The van der Waals surface area contributed by atoms with Crippen LogP contribution in [0.2, 0.25) is 0 Å². The van der Waals surface area contributed by atoms with Crippen molar-refractivity contribution in [1.29, 1.82) is 0 Å². The van der Waals surface area contributed by atoms with Gasteiger partial charge in [0.15, 0.2) is 5.65 Å². The first-order valence-electron chi connectivity index (χ1n) is 13.4. The Bertz CT molecular complexity index is 1140. The molecule has 3 aromatic rings. The lowest BCUT2D eigenvalue weighted by Gasteiger charge is -2.31. The molecule has 7 heteroatoms. The second-order valence-electron chi connectivity index (χ2n) is 10.1. The van der Waals surface area contributed by atoms with Gasteiger partial charge in [-0.1, -0.05) is 37.6 Å². The summed E-state index contributed by atoms with van der Waals surface area (Å²) in [5.74, 6) is -0.0566. The monoisotopic (exact) mass is 474 g/mol. The van der Waals surface area contributed by atoms with Crippen LogP contribution < -0.4 is 16.0 Å². The minimum Gasteiger partial charge on any atom is -0.381 e. The minimum atomic E-state index is -0.0566. The van der Waals surface area contributed by atoms with Crippen molar-refractivity contribution in [3.8, 4) is 0 Å². The number of nitrogens with zero attached hydrogens (tertiary/aromatic N) is 3. The molecule has 0 radical (unpaired) electrons. The van der Waals surface area contributed by atoms with Crippen LogP contribution in [-0.2, 0) is 19.4 Å². The summed E-state index contributed by atoms with van der Waals surface area (Å²) < 4.78 is 1.89. The molecular weight excluding hydrogens is 436 g/mol. The zero-order valence-electron chi connectivity index (χ0n) is 21.0. The standard InChI is InChI=1S/C28H38N6O/c1-3-5-14-29-21-10-12-22(13-11-21)32-26-24-18-31-34(4-2)27(24)30-17-25(26)28(35)33-23-15-19-8-6-7-9-20(19)16-23/h6-9,17-18,21-23,29H,3-5,10-16H2,1-2H3,(H,30,32)(H,33,35). The average molecular weight is 475 g/mol. The van der Waals surface area contributed by atoms with Crippen molar-refractivity contribution in [3.63, 3.8) is 0 Å². The number of amides is 1. The van der Waals surface area contributed by atoms with Crippen molar-refractivity contribution >= 4 is 22.6 Å². The van der Waals surface area contributed by atoms with Crippen LogP contribution in [-0.4, -0.2) is 45.3 Å². The van der Waals surface area contributed by atoms with Crippen LogP contribution in [0.15, 0.2) is 36.7 Å². The van der Waals surface area contributed by atoms with Gasteiger partial charge in [0, 0.05) is 30.9 Å². The highest BCUT2D eigenvalue weighted by Gasteiger charge is 2.27. The third-order valence-electron chi connectivity index (χ3n) is 7.64. The number of nitrogens with one attached hydrogen (secondary N) is 3. The number of carbonyl (C=O) groups is 1. The summed E-state index contributed by atoms with van der Waals surface area (Å²) in [5, 5.41) is 16.2. The number of aryl methyl sites for hydroxylation is 1. The summed E-state index contributed by atoms with van der Waals surface area (Å²) >= 11 is 0. The van der Waals surface area contributed by atoms with Crippen LogP contribution >= 0.6 is 0 Å². The lowest BCUT2D eigenvalue weighted by molar-refractivity contribution is 0.0939. The Morgan fingerprint density at radius 2 is 1.71 bits per heavy atom. The van der Waals surface area contributed by atoms with Gasteiger partial charge in [-0.2, -0.15) is 5.10 Å². The van der Waals surface area contributed by atoms with Crippen LogP contribution in [0.1, 0.15) is 73.9 Å². The number of hydrogen-bond acceptors (Lipinski definition) is 5. The molecule has 0 unspecified atom stereocenters. The number of pyridine rings is 1. The zero-order valence-corrected chi connectivity index (χ0v) is 21.0. The topological polar surface area (TPSA) is 83.9 Å². The summed E-state index contributed by atoms with van der Waals surface area (Å²) in [5.41, 5.74) is 4.99. The largest absolute Gasteiger partial charge is 0.381 e. The fourth-order valence-corrected chi connectivity index (χ4v) is 5.64. The Morgan fingerprint density at radius 3 is 2.40 bits per heavy atom. The van der Waals surface area contributed by atoms with Gasteiger partial charge in [-0.25, -0.2) is 9.67 Å². The minimum absolute atomic E-state index is 0.0566. The second kappa shape index (κ2) is 10.8. The fourth-order valence-electron chi connectivity index (χ4n) is 5.64. The third-order valence-corrected chi connectivity index (χ3v) is 7.64. The van der Waals surface area contributed by atoms with Crippen LogP contribution in [0.3, 0.4) is 0 Å². The van der Waals surface area contributed by atoms with Gasteiger partial charge in [0.25, 0.3) is 5.91 Å². The number of benzene rings is 1. The second-order valence-corrected chi connectivity index (χ2v) is 10.1. The van der Waals surface area contributed by atoms with Gasteiger partial charge in [-0.3, -0.25) is 4.79 Å². The molecule has 0 bridgehead atoms. The number of hydrogen-bond donors (Lipinski definition) is 3. The van der Waals surface area contributed by atoms with Crippen molar-refractivity contribution in [1.82, 2.24) is 25.4 Å². The molecule has 0 saturated heterocycles. The van der Waals surface area contributed by atoms with Crippen molar-refractivity contribution in [2.24, 2.45) is 0 Å². The van der Waals surface area contributed by atoms with Crippen LogP contribution in [0.25, 0.3) is 11.0 Å². The van der Waals surface area contributed by atoms with Crippen LogP contribution in [0.4, 0.5) is 5.69 Å². The van der Waals surface area contributed by atoms with E-state index in [-0.39, 0.29) is 11.9 Å². The molecule has 1 amide bonds. The molecular formula is C28H38N6O. The SMILES string of the molecule is CCCCNC1CCC(Nc2c(C(=O)NC3Cc4ccccc4C3)cnc3c2cnn3CC)CC1. The Hall–Kier alpha value is -2.93. The highest BCUT2D eigenvalue weighted by atomic mass is 16.1. The van der Waals surface area contributed by atoms with Gasteiger partial charge in [0.05, 0.1) is 22.8 Å². The maximum atomic E-state index is 13.5. The molecule has 0 spiro atoms. The Kier molecular flexibility index (Phi) is 7.32. The predicted molar refractivity (Wildman–Crippen MR) is 141 cm³/mol. The molecule has 1 fully saturated rings. The summed E-state index contributed by atoms with van der Waals surface area (Å²) in [4.78, 5) is 18.1. The van der Waals surface area contributed by atoms with Crippen LogP contribution in [0.5, 0.6) is 0 Å². The summed E-state index contributed by atoms with van der Waals surface area (Å²) in [6.45, 7) is 6.15. The van der Waals surface area contributed by atoms with Crippen molar-refractivity contribution in [2.45, 2.75) is 89.9 Å². The molecule has 0 atom stereocenters. The smallest absolute Gasteiger partial charge is 0.255 e. The third kappa shape index (κ3) is 5.20. The molecule has 2 aliphatic carbocycles. The predicted octanol–water partition coefficient (Wildman–Crippen LogP) is 4.46. The number of fused-ring (bicyclic) bond motifs is 2. The zero-order chi connectivity index (χ0) is 24.2. The van der Waals surface area contributed by atoms with E-state index >= 15 is 0 Å². The molecule has 0 aliphatic heterocycles. The fraction of sp³-hybridized carbons (Fsp3) is 0.536. The molecule has 5 rings (SSSR count). The van der Waals surface area contributed by atoms with Gasteiger partial charge >= 0.3 is 0 Å². The van der Waals surface area contributed by atoms with Gasteiger partial charge < -0.3 is 16.0 Å². The number of unbranched alkanes of at least 4 members (excludes halogenated alkanes) is 1. The van der Waals surface area contributed by atoms with E-state index < -0.39 is 0 Å². The maximum Gasteiger partial charge on any atom is 0.255 e. The average Bonchev–Trinajstić information content (AvgIpc) is 3.48. The summed E-state index contributed by atoms with van der Waals surface area (Å²) in [6.07, 6.45) is 12.3. The van der Waals surface area contributed by atoms with Gasteiger partial charge in [-0.15, -0.1) is 0 Å². The lowest BCUT2D eigenvalue weighted by Crippen LogP contribution is -2.38. The van der Waals surface area contributed by atoms with Gasteiger partial charge in [0.1, 0.15) is 0 Å². The lowest BCUT2D eigenvalue weighted by atomic mass is 9.90. The Balaban J connectivity index is 1.32. The van der Waals surface area contributed by atoms with E-state index in [1.807, 2.05) is 10.9 Å². The molecule has 2 aromatic heterocycles. The first-order chi connectivity index (χ1) is 17.2.